The van der Waals surface area contributed by atoms with Crippen LogP contribution in [0.5, 0.6) is 0 Å². The van der Waals surface area contributed by atoms with Gasteiger partial charge in [0.25, 0.3) is 0 Å². The molecular weight excluding hydrogens is 398 g/mol. The third-order valence-electron chi connectivity index (χ3n) is 4.34. The predicted molar refractivity (Wildman–Crippen MR) is 108 cm³/mol. The average Bonchev–Trinajstić information content (AvgIpc) is 3.07. The van der Waals surface area contributed by atoms with E-state index in [0.717, 1.165) is 0 Å². The molecule has 2 rings (SSSR count). The number of aromatic nitrogens is 3. The lowest BCUT2D eigenvalue weighted by Crippen LogP contribution is -2.16. The second-order valence-electron chi connectivity index (χ2n) is 7.17. The molecule has 0 saturated carbocycles. The Morgan fingerprint density at radius 1 is 1.10 bits per heavy atom. The summed E-state index contributed by atoms with van der Waals surface area (Å²) in [4.78, 5) is 40.0. The second kappa shape index (κ2) is 9.26. The van der Waals surface area contributed by atoms with E-state index in [4.69, 9.17) is 21.1 Å². The van der Waals surface area contributed by atoms with Gasteiger partial charge in [-0.1, -0.05) is 25.4 Å². The Hall–Kier alpha value is -2.61. The molecular formula is C20H26ClN3O5. The van der Waals surface area contributed by atoms with E-state index in [1.165, 1.54) is 0 Å². The van der Waals surface area contributed by atoms with Crippen LogP contribution in [-0.4, -0.2) is 45.7 Å². The predicted octanol–water partition coefficient (Wildman–Crippen LogP) is 3.66. The maximum Gasteiger partial charge on any atom is 0.343 e. The van der Waals surface area contributed by atoms with Gasteiger partial charge in [-0.3, -0.25) is 9.48 Å². The number of ether oxygens (including phenoxy) is 2. The highest BCUT2D eigenvalue weighted by Crippen LogP contribution is 2.23. The molecule has 0 aliphatic rings. The van der Waals surface area contributed by atoms with Gasteiger partial charge in [-0.2, -0.15) is 5.10 Å². The summed E-state index contributed by atoms with van der Waals surface area (Å²) in [7, 11) is 0. The first kappa shape index (κ1) is 22.7. The molecule has 0 saturated heterocycles. The molecule has 0 spiro atoms. The summed E-state index contributed by atoms with van der Waals surface area (Å²) in [5.74, 6) is -1.39. The van der Waals surface area contributed by atoms with E-state index in [9.17, 15) is 14.4 Å². The van der Waals surface area contributed by atoms with E-state index in [-0.39, 0.29) is 23.0 Å². The maximum absolute atomic E-state index is 12.6. The van der Waals surface area contributed by atoms with Crippen LogP contribution in [0.25, 0.3) is 0 Å². The van der Waals surface area contributed by atoms with E-state index >= 15 is 0 Å². The zero-order valence-corrected chi connectivity index (χ0v) is 18.3. The number of esters is 2. The molecule has 8 nitrogen and oxygen atoms in total. The molecule has 0 aliphatic carbocycles. The molecule has 0 unspecified atom stereocenters. The number of H-pyrrole nitrogens is 1. The van der Waals surface area contributed by atoms with Gasteiger partial charge in [-0.15, -0.1) is 0 Å². The highest BCUT2D eigenvalue weighted by Gasteiger charge is 2.26. The van der Waals surface area contributed by atoms with Gasteiger partial charge in [0.05, 0.1) is 23.6 Å². The van der Waals surface area contributed by atoms with Crippen LogP contribution >= 0.6 is 11.6 Å². The smallest absolute Gasteiger partial charge is 0.343 e. The van der Waals surface area contributed by atoms with Crippen molar-refractivity contribution in [2.45, 2.75) is 48.1 Å². The summed E-state index contributed by atoms with van der Waals surface area (Å²) in [5, 5.41) is 4.45. The topological polar surface area (TPSA) is 103 Å². The molecule has 2 aromatic heterocycles. The number of carbonyl (C=O) groups is 3. The zero-order chi connectivity index (χ0) is 21.9. The lowest BCUT2D eigenvalue weighted by atomic mass is 10.1. The molecule has 0 radical (unpaired) electrons. The number of ketones is 1. The van der Waals surface area contributed by atoms with Crippen LogP contribution in [0.2, 0.25) is 5.15 Å². The van der Waals surface area contributed by atoms with Gasteiger partial charge in [0.2, 0.25) is 5.78 Å². The molecule has 158 valence electrons. The fourth-order valence-electron chi connectivity index (χ4n) is 3.07. The van der Waals surface area contributed by atoms with Crippen molar-refractivity contribution in [2.75, 3.05) is 13.2 Å². The normalized spacial score (nSPS) is 11.0. The summed E-state index contributed by atoms with van der Waals surface area (Å²) < 4.78 is 11.7. The number of halogens is 1. The lowest BCUT2D eigenvalue weighted by molar-refractivity contribution is 0.0471. The van der Waals surface area contributed by atoms with Crippen molar-refractivity contribution in [3.63, 3.8) is 0 Å². The minimum Gasteiger partial charge on any atom is -0.462 e. The van der Waals surface area contributed by atoms with Gasteiger partial charge >= 0.3 is 11.9 Å². The number of hydrogen-bond donors (Lipinski definition) is 1. The molecule has 2 heterocycles. The van der Waals surface area contributed by atoms with Crippen LogP contribution < -0.4 is 0 Å². The Morgan fingerprint density at radius 3 is 2.31 bits per heavy atom. The van der Waals surface area contributed by atoms with E-state index in [2.05, 4.69) is 10.1 Å². The number of nitrogens with zero attached hydrogens (tertiary/aromatic N) is 2. The average molecular weight is 424 g/mol. The number of nitrogens with one attached hydrogen (secondary N) is 1. The van der Waals surface area contributed by atoms with Crippen LogP contribution in [-0.2, 0) is 16.0 Å². The van der Waals surface area contributed by atoms with Crippen molar-refractivity contribution >= 4 is 29.3 Å². The SMILES string of the molecule is CCOC(=O)c1c(C)[nH]c(C(=O)COC(=O)c2c(C)nn(CC(C)C)c2Cl)c1C. The molecule has 0 fully saturated rings. The Bertz CT molecular complexity index is 943. The van der Waals surface area contributed by atoms with Crippen LogP contribution in [0.15, 0.2) is 0 Å². The van der Waals surface area contributed by atoms with Crippen LogP contribution in [0.1, 0.15) is 68.9 Å². The Morgan fingerprint density at radius 2 is 1.72 bits per heavy atom. The Balaban J connectivity index is 2.14. The molecule has 29 heavy (non-hydrogen) atoms. The van der Waals surface area contributed by atoms with Crippen molar-refractivity contribution < 1.29 is 23.9 Å². The number of rotatable bonds is 8. The third-order valence-corrected chi connectivity index (χ3v) is 4.72. The lowest BCUT2D eigenvalue weighted by Gasteiger charge is -2.07. The molecule has 0 atom stereocenters. The molecule has 0 aliphatic heterocycles. The molecule has 9 heteroatoms. The largest absolute Gasteiger partial charge is 0.462 e. The first-order valence-corrected chi connectivity index (χ1v) is 9.75. The van der Waals surface area contributed by atoms with Crippen molar-refractivity contribution in [2.24, 2.45) is 5.92 Å². The van der Waals surface area contributed by atoms with Crippen molar-refractivity contribution in [3.05, 3.63) is 38.9 Å². The van der Waals surface area contributed by atoms with Gasteiger partial charge in [0, 0.05) is 12.2 Å². The number of aromatic amines is 1. The van der Waals surface area contributed by atoms with Crippen molar-refractivity contribution in [1.82, 2.24) is 14.8 Å². The molecule has 0 amide bonds. The molecule has 0 aromatic carbocycles. The van der Waals surface area contributed by atoms with E-state index in [0.29, 0.717) is 35.0 Å². The first-order valence-electron chi connectivity index (χ1n) is 9.37. The van der Waals surface area contributed by atoms with E-state index in [1.807, 2.05) is 13.8 Å². The van der Waals surface area contributed by atoms with Gasteiger partial charge in [-0.05, 0) is 39.2 Å². The van der Waals surface area contributed by atoms with E-state index in [1.54, 1.807) is 32.4 Å². The first-order chi connectivity index (χ1) is 13.6. The monoisotopic (exact) mass is 423 g/mol. The summed E-state index contributed by atoms with van der Waals surface area (Å²) >= 11 is 6.27. The number of hydrogen-bond acceptors (Lipinski definition) is 6. The van der Waals surface area contributed by atoms with Gasteiger partial charge < -0.3 is 14.5 Å². The van der Waals surface area contributed by atoms with Crippen LogP contribution in [0, 0.1) is 26.7 Å². The van der Waals surface area contributed by atoms with Crippen molar-refractivity contribution in [1.29, 1.82) is 0 Å². The summed E-state index contributed by atoms with van der Waals surface area (Å²) in [6.45, 7) is 11.0. The van der Waals surface area contributed by atoms with E-state index < -0.39 is 24.3 Å². The summed E-state index contributed by atoms with van der Waals surface area (Å²) in [6.07, 6.45) is 0. The highest BCUT2D eigenvalue weighted by molar-refractivity contribution is 6.32. The summed E-state index contributed by atoms with van der Waals surface area (Å²) in [6, 6.07) is 0. The Labute approximate surface area is 174 Å². The van der Waals surface area contributed by atoms with Gasteiger partial charge in [0.1, 0.15) is 10.7 Å². The minimum absolute atomic E-state index is 0.145. The number of carbonyl (C=O) groups excluding carboxylic acids is 3. The number of Topliss-reactive ketones (excluding diaryl/α,β-unsaturated/α-hetero) is 1. The quantitative estimate of drug-likeness (QED) is 0.513. The summed E-state index contributed by atoms with van der Waals surface area (Å²) in [5.41, 5.74) is 2.08. The fourth-order valence-corrected chi connectivity index (χ4v) is 3.39. The highest BCUT2D eigenvalue weighted by atomic mass is 35.5. The van der Waals surface area contributed by atoms with Crippen LogP contribution in [0.4, 0.5) is 0 Å². The number of aryl methyl sites for hydroxylation is 2. The fraction of sp³-hybridized carbons (Fsp3) is 0.500. The van der Waals surface area contributed by atoms with Crippen molar-refractivity contribution in [3.8, 4) is 0 Å². The van der Waals surface area contributed by atoms with Crippen LogP contribution in [0.3, 0.4) is 0 Å². The maximum atomic E-state index is 12.6. The molecule has 0 bridgehead atoms. The standard InChI is InChI=1S/C20H26ClN3O5/c1-7-28-19(26)15-11(4)17(22-12(15)5)14(25)9-29-20(27)16-13(6)23-24(18(16)21)8-10(2)3/h10,22H,7-9H2,1-6H3. The van der Waals surface area contributed by atoms with Gasteiger partial charge in [-0.25, -0.2) is 9.59 Å². The minimum atomic E-state index is -0.720. The second-order valence-corrected chi connectivity index (χ2v) is 7.53. The third kappa shape index (κ3) is 4.87. The molecule has 1 N–H and O–H groups in total. The van der Waals surface area contributed by atoms with Gasteiger partial charge in [0.15, 0.2) is 6.61 Å². The zero-order valence-electron chi connectivity index (χ0n) is 17.5. The Kier molecular flexibility index (Phi) is 7.24. The molecule has 2 aromatic rings.